The maximum absolute atomic E-state index is 12.8. The van der Waals surface area contributed by atoms with Gasteiger partial charge in [0.15, 0.2) is 0 Å². The van der Waals surface area contributed by atoms with Crippen molar-refractivity contribution in [1.29, 1.82) is 0 Å². The average Bonchev–Trinajstić information content (AvgIpc) is 2.49. The van der Waals surface area contributed by atoms with Gasteiger partial charge in [0.1, 0.15) is 11.6 Å². The Bertz CT molecular complexity index is 616. The molecule has 0 saturated heterocycles. The third-order valence-corrected chi connectivity index (χ3v) is 3.94. The van der Waals surface area contributed by atoms with E-state index in [2.05, 4.69) is 5.32 Å². The second-order valence-electron chi connectivity index (χ2n) is 4.44. The van der Waals surface area contributed by atoms with Crippen LogP contribution in [0.1, 0.15) is 6.92 Å². The van der Waals surface area contributed by atoms with Gasteiger partial charge in [0.2, 0.25) is 5.91 Å². The van der Waals surface area contributed by atoms with E-state index in [9.17, 15) is 9.18 Å². The summed E-state index contributed by atoms with van der Waals surface area (Å²) in [7, 11) is 1.58. The highest BCUT2D eigenvalue weighted by Gasteiger charge is 2.14. The lowest BCUT2D eigenvalue weighted by atomic mass is 10.3. The molecule has 5 heteroatoms. The van der Waals surface area contributed by atoms with Crippen LogP contribution < -0.4 is 10.1 Å². The molecule has 110 valence electrons. The molecular weight excluding hydrogens is 289 g/mol. The first-order valence-corrected chi connectivity index (χ1v) is 7.33. The maximum atomic E-state index is 12.8. The minimum Gasteiger partial charge on any atom is -0.497 e. The summed E-state index contributed by atoms with van der Waals surface area (Å²) in [5.41, 5.74) is 0.686. The number of carbonyl (C=O) groups is 1. The summed E-state index contributed by atoms with van der Waals surface area (Å²) in [6, 6.07) is 13.3. The van der Waals surface area contributed by atoms with E-state index in [0.29, 0.717) is 11.4 Å². The van der Waals surface area contributed by atoms with E-state index in [-0.39, 0.29) is 17.0 Å². The SMILES string of the molecule is COc1cccc(NC(=O)[C@H](C)Sc2ccc(F)cc2)c1. The molecule has 0 aliphatic carbocycles. The number of thioether (sulfide) groups is 1. The van der Waals surface area contributed by atoms with Crippen LogP contribution in [0.25, 0.3) is 0 Å². The summed E-state index contributed by atoms with van der Waals surface area (Å²) in [5.74, 6) is 0.289. The summed E-state index contributed by atoms with van der Waals surface area (Å²) in [6.45, 7) is 1.81. The van der Waals surface area contributed by atoms with Gasteiger partial charge in [-0.3, -0.25) is 4.79 Å². The Morgan fingerprint density at radius 1 is 1.24 bits per heavy atom. The lowest BCUT2D eigenvalue weighted by Crippen LogP contribution is -2.22. The van der Waals surface area contributed by atoms with Crippen LogP contribution in [0.5, 0.6) is 5.75 Å². The minimum absolute atomic E-state index is 0.113. The summed E-state index contributed by atoms with van der Waals surface area (Å²) in [6.07, 6.45) is 0. The highest BCUT2D eigenvalue weighted by molar-refractivity contribution is 8.00. The van der Waals surface area contributed by atoms with Gasteiger partial charge in [-0.2, -0.15) is 0 Å². The monoisotopic (exact) mass is 305 g/mol. The lowest BCUT2D eigenvalue weighted by molar-refractivity contribution is -0.115. The second-order valence-corrected chi connectivity index (χ2v) is 5.85. The largest absolute Gasteiger partial charge is 0.497 e. The standard InChI is InChI=1S/C16H16FNO2S/c1-11(21-15-8-6-12(17)7-9-15)16(19)18-13-4-3-5-14(10-13)20-2/h3-11H,1-2H3,(H,18,19)/t11-/m0/s1. The molecular formula is C16H16FNO2S. The van der Waals surface area contributed by atoms with E-state index in [1.807, 2.05) is 19.1 Å². The van der Waals surface area contributed by atoms with Crippen molar-refractivity contribution < 1.29 is 13.9 Å². The molecule has 0 radical (unpaired) electrons. The van der Waals surface area contributed by atoms with Gasteiger partial charge in [-0.05, 0) is 43.3 Å². The van der Waals surface area contributed by atoms with E-state index in [0.717, 1.165) is 4.90 Å². The fraction of sp³-hybridized carbons (Fsp3) is 0.188. The quantitative estimate of drug-likeness (QED) is 0.850. The normalized spacial score (nSPS) is 11.8. The Morgan fingerprint density at radius 2 is 1.95 bits per heavy atom. The number of hydrogen-bond acceptors (Lipinski definition) is 3. The topological polar surface area (TPSA) is 38.3 Å². The zero-order valence-electron chi connectivity index (χ0n) is 11.8. The number of methoxy groups -OCH3 is 1. The Kier molecular flexibility index (Phi) is 5.22. The van der Waals surface area contributed by atoms with Crippen LogP contribution in [0, 0.1) is 5.82 Å². The summed E-state index contributed by atoms with van der Waals surface area (Å²) in [4.78, 5) is 13.0. The molecule has 0 spiro atoms. The van der Waals surface area contributed by atoms with Crippen molar-refractivity contribution >= 4 is 23.4 Å². The summed E-state index contributed by atoms with van der Waals surface area (Å²) < 4.78 is 18.0. The number of hydrogen-bond donors (Lipinski definition) is 1. The minimum atomic E-state index is -0.290. The summed E-state index contributed by atoms with van der Waals surface area (Å²) in [5, 5.41) is 2.54. The third kappa shape index (κ3) is 4.49. The molecule has 0 fully saturated rings. The summed E-state index contributed by atoms with van der Waals surface area (Å²) >= 11 is 1.38. The van der Waals surface area contributed by atoms with E-state index in [4.69, 9.17) is 4.74 Å². The number of anilines is 1. The zero-order valence-corrected chi connectivity index (χ0v) is 12.6. The molecule has 3 nitrogen and oxygen atoms in total. The molecule has 1 N–H and O–H groups in total. The first-order valence-electron chi connectivity index (χ1n) is 6.45. The van der Waals surface area contributed by atoms with Crippen molar-refractivity contribution in [3.05, 3.63) is 54.3 Å². The number of rotatable bonds is 5. The number of nitrogens with one attached hydrogen (secondary N) is 1. The van der Waals surface area contributed by atoms with Crippen LogP contribution in [0.2, 0.25) is 0 Å². The molecule has 1 atom stereocenters. The highest BCUT2D eigenvalue weighted by Crippen LogP contribution is 2.25. The number of benzene rings is 2. The predicted molar refractivity (Wildman–Crippen MR) is 83.3 cm³/mol. The molecule has 2 aromatic rings. The van der Waals surface area contributed by atoms with Gasteiger partial charge in [0, 0.05) is 16.6 Å². The molecule has 0 heterocycles. The van der Waals surface area contributed by atoms with Crippen molar-refractivity contribution in [2.45, 2.75) is 17.1 Å². The third-order valence-electron chi connectivity index (χ3n) is 2.83. The second kappa shape index (κ2) is 7.13. The first kappa shape index (κ1) is 15.4. The van der Waals surface area contributed by atoms with E-state index in [1.165, 1.54) is 23.9 Å². The molecule has 0 aliphatic heterocycles. The molecule has 1 amide bonds. The Morgan fingerprint density at radius 3 is 2.62 bits per heavy atom. The fourth-order valence-electron chi connectivity index (χ4n) is 1.72. The average molecular weight is 305 g/mol. The van der Waals surface area contributed by atoms with Crippen molar-refractivity contribution in [2.75, 3.05) is 12.4 Å². The van der Waals surface area contributed by atoms with Crippen molar-refractivity contribution in [2.24, 2.45) is 0 Å². The Hall–Kier alpha value is -2.01. The molecule has 0 aromatic heterocycles. The van der Waals surface area contributed by atoms with Crippen LogP contribution in [0.15, 0.2) is 53.4 Å². The van der Waals surface area contributed by atoms with Crippen molar-refractivity contribution in [3.8, 4) is 5.75 Å². The molecule has 0 unspecified atom stereocenters. The Balaban J connectivity index is 1.97. The van der Waals surface area contributed by atoms with Crippen molar-refractivity contribution in [1.82, 2.24) is 0 Å². The molecule has 2 aromatic carbocycles. The van der Waals surface area contributed by atoms with Crippen molar-refractivity contribution in [3.63, 3.8) is 0 Å². The van der Waals surface area contributed by atoms with Crippen LogP contribution in [0.4, 0.5) is 10.1 Å². The lowest BCUT2D eigenvalue weighted by Gasteiger charge is -2.12. The van der Waals surface area contributed by atoms with Crippen LogP contribution in [-0.4, -0.2) is 18.3 Å². The first-order chi connectivity index (χ1) is 10.1. The smallest absolute Gasteiger partial charge is 0.237 e. The van der Waals surface area contributed by atoms with Crippen LogP contribution in [0.3, 0.4) is 0 Å². The van der Waals surface area contributed by atoms with Gasteiger partial charge in [0.25, 0.3) is 0 Å². The molecule has 0 aliphatic rings. The van der Waals surface area contributed by atoms with E-state index in [1.54, 1.807) is 31.4 Å². The number of ether oxygens (including phenoxy) is 1. The molecule has 0 saturated carbocycles. The molecule has 21 heavy (non-hydrogen) atoms. The Labute approximate surface area is 127 Å². The number of carbonyl (C=O) groups excluding carboxylic acids is 1. The van der Waals surface area contributed by atoms with Gasteiger partial charge >= 0.3 is 0 Å². The van der Waals surface area contributed by atoms with Crippen LogP contribution in [-0.2, 0) is 4.79 Å². The number of halogens is 1. The predicted octanol–water partition coefficient (Wildman–Crippen LogP) is 3.95. The molecule has 2 rings (SSSR count). The van der Waals surface area contributed by atoms with Gasteiger partial charge < -0.3 is 10.1 Å². The highest BCUT2D eigenvalue weighted by atomic mass is 32.2. The zero-order chi connectivity index (χ0) is 15.2. The van der Waals surface area contributed by atoms with Gasteiger partial charge in [-0.25, -0.2) is 4.39 Å². The van der Waals surface area contributed by atoms with Crippen LogP contribution >= 0.6 is 11.8 Å². The van der Waals surface area contributed by atoms with Gasteiger partial charge in [-0.1, -0.05) is 6.07 Å². The maximum Gasteiger partial charge on any atom is 0.237 e. The van der Waals surface area contributed by atoms with E-state index >= 15 is 0 Å². The number of amides is 1. The van der Waals surface area contributed by atoms with E-state index < -0.39 is 0 Å². The van der Waals surface area contributed by atoms with Gasteiger partial charge in [0.05, 0.1) is 12.4 Å². The molecule has 0 bridgehead atoms. The van der Waals surface area contributed by atoms with Gasteiger partial charge in [-0.15, -0.1) is 11.8 Å². The fourth-order valence-corrected chi connectivity index (χ4v) is 2.58.